The number of rotatable bonds is 3. The summed E-state index contributed by atoms with van der Waals surface area (Å²) in [5.74, 6) is -1.18. The van der Waals surface area contributed by atoms with E-state index in [2.05, 4.69) is 5.32 Å². The highest BCUT2D eigenvalue weighted by molar-refractivity contribution is 5.98. The number of carbonyl (C=O) groups is 1. The van der Waals surface area contributed by atoms with E-state index in [9.17, 15) is 19.3 Å². The van der Waals surface area contributed by atoms with Crippen LogP contribution >= 0.6 is 0 Å². The maximum absolute atomic E-state index is 13.7. The molecule has 1 fully saturated rings. The maximum Gasteiger partial charge on any atom is 0.272 e. The lowest BCUT2D eigenvalue weighted by Crippen LogP contribution is -2.45. The van der Waals surface area contributed by atoms with Crippen LogP contribution in [0.3, 0.4) is 0 Å². The van der Waals surface area contributed by atoms with Gasteiger partial charge in [0, 0.05) is 6.07 Å². The van der Waals surface area contributed by atoms with E-state index in [0.29, 0.717) is 12.8 Å². The molecule has 1 saturated carbocycles. The first-order valence-electron chi connectivity index (χ1n) is 6.04. The van der Waals surface area contributed by atoms with Crippen molar-refractivity contribution in [2.45, 2.75) is 19.8 Å². The zero-order valence-corrected chi connectivity index (χ0v) is 10.7. The van der Waals surface area contributed by atoms with Crippen LogP contribution in [0, 0.1) is 38.6 Å². The van der Waals surface area contributed by atoms with Crippen LogP contribution in [-0.2, 0) is 4.79 Å². The average Bonchev–Trinajstić information content (AvgIpc) is 2.36. The van der Waals surface area contributed by atoms with Gasteiger partial charge in [0.25, 0.3) is 5.69 Å². The standard InChI is InChI=1S/C13H12FN3O3/c1-8-5-13(6-8,7-15)12(18)16-11-3-2-9(17(19)20)4-10(11)14/h2-4,8H,5-6H2,1H3,(H,16,18). The second kappa shape index (κ2) is 4.89. The van der Waals surface area contributed by atoms with Crippen molar-refractivity contribution in [3.05, 3.63) is 34.1 Å². The van der Waals surface area contributed by atoms with Crippen molar-refractivity contribution >= 4 is 17.3 Å². The molecule has 6 nitrogen and oxygen atoms in total. The number of nitrogens with zero attached hydrogens (tertiary/aromatic N) is 2. The van der Waals surface area contributed by atoms with Gasteiger partial charge in [-0.05, 0) is 24.8 Å². The Bertz CT molecular complexity index is 618. The van der Waals surface area contributed by atoms with Crippen molar-refractivity contribution in [1.29, 1.82) is 5.26 Å². The number of non-ortho nitro benzene ring substituents is 1. The van der Waals surface area contributed by atoms with Gasteiger partial charge < -0.3 is 5.32 Å². The smallest absolute Gasteiger partial charge is 0.272 e. The van der Waals surface area contributed by atoms with Crippen LogP contribution in [0.2, 0.25) is 0 Å². The van der Waals surface area contributed by atoms with E-state index in [4.69, 9.17) is 5.26 Å². The number of carbonyl (C=O) groups excluding carboxylic acids is 1. The lowest BCUT2D eigenvalue weighted by molar-refractivity contribution is -0.385. The van der Waals surface area contributed by atoms with Gasteiger partial charge in [0.1, 0.15) is 5.41 Å². The molecule has 20 heavy (non-hydrogen) atoms. The summed E-state index contributed by atoms with van der Waals surface area (Å²) in [6.45, 7) is 1.93. The molecule has 0 atom stereocenters. The third kappa shape index (κ3) is 2.32. The molecule has 2 rings (SSSR count). The fourth-order valence-electron chi connectivity index (χ4n) is 2.42. The zero-order valence-electron chi connectivity index (χ0n) is 10.7. The second-order valence-corrected chi connectivity index (χ2v) is 5.08. The fourth-order valence-corrected chi connectivity index (χ4v) is 2.42. The van der Waals surface area contributed by atoms with Crippen molar-refractivity contribution in [1.82, 2.24) is 0 Å². The molecule has 104 valence electrons. The van der Waals surface area contributed by atoms with E-state index in [0.717, 1.165) is 18.2 Å². The van der Waals surface area contributed by atoms with Gasteiger partial charge in [-0.2, -0.15) is 5.26 Å². The molecule has 0 spiro atoms. The molecule has 1 aromatic rings. The van der Waals surface area contributed by atoms with Crippen LogP contribution in [0.5, 0.6) is 0 Å². The predicted molar refractivity (Wildman–Crippen MR) is 68.1 cm³/mol. The second-order valence-electron chi connectivity index (χ2n) is 5.08. The van der Waals surface area contributed by atoms with Gasteiger partial charge in [-0.3, -0.25) is 14.9 Å². The summed E-state index contributed by atoms with van der Waals surface area (Å²) in [4.78, 5) is 21.8. The quantitative estimate of drug-likeness (QED) is 0.678. The van der Waals surface area contributed by atoms with E-state index >= 15 is 0 Å². The van der Waals surface area contributed by atoms with E-state index in [1.807, 2.05) is 13.0 Å². The van der Waals surface area contributed by atoms with Gasteiger partial charge in [0.15, 0.2) is 5.82 Å². The highest BCUT2D eigenvalue weighted by Gasteiger charge is 2.49. The van der Waals surface area contributed by atoms with E-state index < -0.39 is 27.8 Å². The first-order chi connectivity index (χ1) is 9.38. The molecule has 1 aliphatic rings. The van der Waals surface area contributed by atoms with Crippen LogP contribution in [-0.4, -0.2) is 10.8 Å². The number of nitrogens with one attached hydrogen (secondary N) is 1. The Hall–Kier alpha value is -2.49. The Kier molecular flexibility index (Phi) is 3.40. The minimum Gasteiger partial charge on any atom is -0.322 e. The molecule has 0 radical (unpaired) electrons. The van der Waals surface area contributed by atoms with Gasteiger partial charge in [-0.1, -0.05) is 6.92 Å². The molecule has 0 saturated heterocycles. The normalized spacial score (nSPS) is 24.4. The molecule has 0 bridgehead atoms. The summed E-state index contributed by atoms with van der Waals surface area (Å²) in [6, 6.07) is 4.93. The SMILES string of the molecule is CC1CC(C#N)(C(=O)Nc2ccc([N+](=O)[O-])cc2F)C1. The molecule has 1 amide bonds. The first-order valence-corrected chi connectivity index (χ1v) is 6.04. The summed E-state index contributed by atoms with van der Waals surface area (Å²) in [5, 5.41) is 21.9. The lowest BCUT2D eigenvalue weighted by Gasteiger charge is -2.39. The number of halogens is 1. The molecule has 1 N–H and O–H groups in total. The molecular formula is C13H12FN3O3. The van der Waals surface area contributed by atoms with Crippen LogP contribution in [0.4, 0.5) is 15.8 Å². The number of nitro benzene ring substituents is 1. The number of hydrogen-bond donors (Lipinski definition) is 1. The molecule has 0 unspecified atom stereocenters. The van der Waals surface area contributed by atoms with Crippen molar-refractivity contribution in [3.63, 3.8) is 0 Å². The molecular weight excluding hydrogens is 265 g/mol. The van der Waals surface area contributed by atoms with Gasteiger partial charge >= 0.3 is 0 Å². The van der Waals surface area contributed by atoms with Crippen molar-refractivity contribution in [2.75, 3.05) is 5.32 Å². The van der Waals surface area contributed by atoms with E-state index in [1.54, 1.807) is 0 Å². The maximum atomic E-state index is 13.7. The Labute approximate surface area is 114 Å². The molecule has 0 aromatic heterocycles. The molecule has 7 heteroatoms. The summed E-state index contributed by atoms with van der Waals surface area (Å²) in [7, 11) is 0. The monoisotopic (exact) mass is 277 g/mol. The molecule has 0 aliphatic heterocycles. The lowest BCUT2D eigenvalue weighted by atomic mass is 9.63. The number of amides is 1. The average molecular weight is 277 g/mol. The molecule has 1 aromatic carbocycles. The van der Waals surface area contributed by atoms with Crippen LogP contribution < -0.4 is 5.32 Å². The van der Waals surface area contributed by atoms with E-state index in [-0.39, 0.29) is 11.6 Å². The highest BCUT2D eigenvalue weighted by Crippen LogP contribution is 2.45. The van der Waals surface area contributed by atoms with Crippen LogP contribution in [0.25, 0.3) is 0 Å². The Morgan fingerprint density at radius 1 is 1.60 bits per heavy atom. The van der Waals surface area contributed by atoms with Gasteiger partial charge in [-0.25, -0.2) is 4.39 Å². The third-order valence-corrected chi connectivity index (χ3v) is 3.45. The largest absolute Gasteiger partial charge is 0.322 e. The highest BCUT2D eigenvalue weighted by atomic mass is 19.1. The Balaban J connectivity index is 2.17. The first kappa shape index (κ1) is 13.9. The molecule has 1 aliphatic carbocycles. The Morgan fingerprint density at radius 3 is 2.70 bits per heavy atom. The zero-order chi connectivity index (χ0) is 14.9. The van der Waals surface area contributed by atoms with Crippen molar-refractivity contribution < 1.29 is 14.1 Å². The Morgan fingerprint density at radius 2 is 2.25 bits per heavy atom. The van der Waals surface area contributed by atoms with Gasteiger partial charge in [0.2, 0.25) is 5.91 Å². The molecule has 0 heterocycles. The summed E-state index contributed by atoms with van der Waals surface area (Å²) >= 11 is 0. The fraction of sp³-hybridized carbons (Fsp3) is 0.385. The van der Waals surface area contributed by atoms with Crippen LogP contribution in [0.15, 0.2) is 18.2 Å². The van der Waals surface area contributed by atoms with Crippen molar-refractivity contribution in [3.8, 4) is 6.07 Å². The van der Waals surface area contributed by atoms with E-state index in [1.165, 1.54) is 0 Å². The topological polar surface area (TPSA) is 96.0 Å². The summed E-state index contributed by atoms with van der Waals surface area (Å²) in [6.07, 6.45) is 0.869. The third-order valence-electron chi connectivity index (χ3n) is 3.45. The van der Waals surface area contributed by atoms with Crippen molar-refractivity contribution in [2.24, 2.45) is 11.3 Å². The van der Waals surface area contributed by atoms with Crippen LogP contribution in [0.1, 0.15) is 19.8 Å². The number of hydrogen-bond acceptors (Lipinski definition) is 4. The number of nitriles is 1. The number of benzene rings is 1. The number of anilines is 1. The minimum absolute atomic E-state index is 0.158. The van der Waals surface area contributed by atoms with Gasteiger partial charge in [-0.15, -0.1) is 0 Å². The number of nitro groups is 1. The van der Waals surface area contributed by atoms with Gasteiger partial charge in [0.05, 0.1) is 22.7 Å². The predicted octanol–water partition coefficient (Wildman–Crippen LogP) is 2.61. The summed E-state index contributed by atoms with van der Waals surface area (Å²) in [5.41, 5.74) is -1.67. The minimum atomic E-state index is -1.12. The summed E-state index contributed by atoms with van der Waals surface area (Å²) < 4.78 is 13.7.